The molecule has 1 aromatic rings. The van der Waals surface area contributed by atoms with Gasteiger partial charge in [0, 0.05) is 40.3 Å². The highest BCUT2D eigenvalue weighted by Crippen LogP contribution is 2.37. The zero-order chi connectivity index (χ0) is 16.5. The van der Waals surface area contributed by atoms with Crippen LogP contribution in [0.2, 0.25) is 5.02 Å². The Morgan fingerprint density at radius 1 is 1.29 bits per heavy atom. The van der Waals surface area contributed by atoms with Crippen LogP contribution in [0.4, 0.5) is 0 Å². The van der Waals surface area contributed by atoms with E-state index in [0.717, 1.165) is 37.5 Å². The highest BCUT2D eigenvalue weighted by atomic mass is 127. The normalized spacial score (nSPS) is 13.7. The smallest absolute Gasteiger partial charge is 0.191 e. The maximum Gasteiger partial charge on any atom is 0.191 e. The van der Waals surface area contributed by atoms with Gasteiger partial charge in [-0.3, -0.25) is 4.99 Å². The largest absolute Gasteiger partial charge is 0.489 e. The second-order valence-electron chi connectivity index (χ2n) is 5.15. The maximum absolute atomic E-state index is 6.29. The molecule has 0 unspecified atom stereocenters. The van der Waals surface area contributed by atoms with Gasteiger partial charge < -0.3 is 24.8 Å². The van der Waals surface area contributed by atoms with Crippen LogP contribution in [-0.2, 0) is 11.3 Å². The third-order valence-corrected chi connectivity index (χ3v) is 3.64. The fraction of sp³-hybridized carbons (Fsp3) is 0.562. The number of rotatable bonds is 6. The summed E-state index contributed by atoms with van der Waals surface area (Å²) in [6, 6.07) is 3.85. The van der Waals surface area contributed by atoms with Gasteiger partial charge in [-0.2, -0.15) is 0 Å². The molecular formula is C16H25ClIN3O3. The lowest BCUT2D eigenvalue weighted by Crippen LogP contribution is -2.37. The molecule has 24 heavy (non-hydrogen) atoms. The summed E-state index contributed by atoms with van der Waals surface area (Å²) in [5.41, 5.74) is 1.01. The van der Waals surface area contributed by atoms with E-state index in [-0.39, 0.29) is 24.0 Å². The number of guanidine groups is 1. The van der Waals surface area contributed by atoms with Gasteiger partial charge in [-0.1, -0.05) is 11.6 Å². The van der Waals surface area contributed by atoms with Crippen molar-refractivity contribution in [3.8, 4) is 11.5 Å². The summed E-state index contributed by atoms with van der Waals surface area (Å²) in [5.74, 6) is 2.08. The van der Waals surface area contributed by atoms with E-state index < -0.39 is 0 Å². The van der Waals surface area contributed by atoms with Crippen LogP contribution < -0.4 is 20.1 Å². The Labute approximate surface area is 165 Å². The van der Waals surface area contributed by atoms with E-state index in [4.69, 9.17) is 25.8 Å². The van der Waals surface area contributed by atoms with Crippen molar-refractivity contribution in [3.63, 3.8) is 0 Å². The first-order valence-corrected chi connectivity index (χ1v) is 8.14. The molecule has 0 aliphatic carbocycles. The Hall–Kier alpha value is -0.930. The first-order chi connectivity index (χ1) is 11.2. The van der Waals surface area contributed by atoms with Crippen LogP contribution in [0.1, 0.15) is 18.4 Å². The van der Waals surface area contributed by atoms with Crippen LogP contribution in [0.5, 0.6) is 11.5 Å². The van der Waals surface area contributed by atoms with E-state index in [2.05, 4.69) is 15.6 Å². The SMILES string of the molecule is CN=C(NCCCOC)NCc1cc(Cl)c2c(c1)OCCCO2.I. The number of nitrogens with zero attached hydrogens (tertiary/aromatic N) is 1. The molecule has 0 radical (unpaired) electrons. The van der Waals surface area contributed by atoms with Crippen LogP contribution in [0, 0.1) is 0 Å². The zero-order valence-electron chi connectivity index (χ0n) is 14.1. The number of halogens is 2. The fourth-order valence-corrected chi connectivity index (χ4v) is 2.50. The van der Waals surface area contributed by atoms with E-state index in [9.17, 15) is 0 Å². The quantitative estimate of drug-likeness (QED) is 0.290. The molecule has 0 saturated carbocycles. The molecule has 0 fully saturated rings. The first-order valence-electron chi connectivity index (χ1n) is 7.76. The van der Waals surface area contributed by atoms with Gasteiger partial charge in [-0.15, -0.1) is 24.0 Å². The van der Waals surface area contributed by atoms with Gasteiger partial charge in [-0.05, 0) is 24.1 Å². The van der Waals surface area contributed by atoms with Gasteiger partial charge in [0.25, 0.3) is 0 Å². The van der Waals surface area contributed by atoms with Crippen molar-refractivity contribution in [1.29, 1.82) is 0 Å². The molecule has 1 aliphatic heterocycles. The van der Waals surface area contributed by atoms with E-state index in [1.54, 1.807) is 14.2 Å². The summed E-state index contributed by atoms with van der Waals surface area (Å²) < 4.78 is 16.4. The molecule has 2 N–H and O–H groups in total. The van der Waals surface area contributed by atoms with Crippen LogP contribution in [0.15, 0.2) is 17.1 Å². The lowest BCUT2D eigenvalue weighted by molar-refractivity contribution is 0.195. The van der Waals surface area contributed by atoms with E-state index in [0.29, 0.717) is 36.3 Å². The van der Waals surface area contributed by atoms with Crippen molar-refractivity contribution >= 4 is 41.5 Å². The molecule has 0 atom stereocenters. The molecule has 1 aromatic carbocycles. The summed E-state index contributed by atoms with van der Waals surface area (Å²) in [7, 11) is 3.44. The second-order valence-corrected chi connectivity index (χ2v) is 5.56. The molecule has 1 heterocycles. The topological polar surface area (TPSA) is 64.1 Å². The number of hydrogen-bond acceptors (Lipinski definition) is 4. The van der Waals surface area contributed by atoms with Crippen molar-refractivity contribution in [2.24, 2.45) is 4.99 Å². The summed E-state index contributed by atoms with van der Waals surface area (Å²) in [4.78, 5) is 4.19. The molecule has 8 heteroatoms. The molecule has 0 bridgehead atoms. The minimum atomic E-state index is 0. The van der Waals surface area contributed by atoms with Crippen molar-refractivity contribution in [1.82, 2.24) is 10.6 Å². The maximum atomic E-state index is 6.29. The van der Waals surface area contributed by atoms with Gasteiger partial charge >= 0.3 is 0 Å². The Morgan fingerprint density at radius 2 is 2.08 bits per heavy atom. The number of nitrogens with one attached hydrogen (secondary N) is 2. The Bertz CT molecular complexity index is 544. The monoisotopic (exact) mass is 469 g/mol. The summed E-state index contributed by atoms with van der Waals surface area (Å²) in [6.45, 7) is 3.39. The predicted molar refractivity (Wildman–Crippen MR) is 107 cm³/mol. The number of methoxy groups -OCH3 is 1. The minimum absolute atomic E-state index is 0. The minimum Gasteiger partial charge on any atom is -0.489 e. The number of ether oxygens (including phenoxy) is 3. The Morgan fingerprint density at radius 3 is 2.83 bits per heavy atom. The standard InChI is InChI=1S/C16H24ClN3O3.HI/c1-18-16(19-5-3-6-21-2)20-11-12-9-13(17)15-14(10-12)22-7-4-8-23-15;/h9-10H,3-8,11H2,1-2H3,(H2,18,19,20);1H. The van der Waals surface area contributed by atoms with Crippen LogP contribution in [0.3, 0.4) is 0 Å². The number of fused-ring (bicyclic) bond motifs is 1. The molecular weight excluding hydrogens is 445 g/mol. The van der Waals surface area contributed by atoms with Gasteiger partial charge in [-0.25, -0.2) is 0 Å². The average molecular weight is 470 g/mol. The fourth-order valence-electron chi connectivity index (χ4n) is 2.22. The van der Waals surface area contributed by atoms with Crippen molar-refractivity contribution in [2.45, 2.75) is 19.4 Å². The molecule has 0 amide bonds. The molecule has 136 valence electrons. The van der Waals surface area contributed by atoms with E-state index in [1.165, 1.54) is 0 Å². The highest BCUT2D eigenvalue weighted by molar-refractivity contribution is 14.0. The predicted octanol–water partition coefficient (Wildman–Crippen LogP) is 2.82. The summed E-state index contributed by atoms with van der Waals surface area (Å²) in [6.07, 6.45) is 1.78. The average Bonchev–Trinajstić information content (AvgIpc) is 2.80. The third-order valence-electron chi connectivity index (χ3n) is 3.36. The van der Waals surface area contributed by atoms with Gasteiger partial charge in [0.2, 0.25) is 0 Å². The number of benzene rings is 1. The van der Waals surface area contributed by atoms with Crippen LogP contribution in [0.25, 0.3) is 0 Å². The Balaban J connectivity index is 0.00000288. The highest BCUT2D eigenvalue weighted by Gasteiger charge is 2.15. The molecule has 6 nitrogen and oxygen atoms in total. The first kappa shape index (κ1) is 21.1. The number of aliphatic imine (C=N–C) groups is 1. The second kappa shape index (κ2) is 11.6. The summed E-state index contributed by atoms with van der Waals surface area (Å²) >= 11 is 6.29. The van der Waals surface area contributed by atoms with Crippen molar-refractivity contribution < 1.29 is 14.2 Å². The van der Waals surface area contributed by atoms with E-state index >= 15 is 0 Å². The molecule has 1 aliphatic rings. The molecule has 0 saturated heterocycles. The van der Waals surface area contributed by atoms with Crippen LogP contribution in [-0.4, -0.2) is 46.5 Å². The lowest BCUT2D eigenvalue weighted by Gasteiger charge is -2.14. The third kappa shape index (κ3) is 6.52. The molecule has 0 aromatic heterocycles. The molecule has 0 spiro atoms. The van der Waals surface area contributed by atoms with E-state index in [1.807, 2.05) is 12.1 Å². The van der Waals surface area contributed by atoms with Gasteiger partial charge in [0.15, 0.2) is 17.5 Å². The Kier molecular flexibility index (Phi) is 10.2. The van der Waals surface area contributed by atoms with Gasteiger partial charge in [0.05, 0.1) is 18.2 Å². The zero-order valence-corrected chi connectivity index (χ0v) is 17.1. The van der Waals surface area contributed by atoms with Gasteiger partial charge in [0.1, 0.15) is 0 Å². The van der Waals surface area contributed by atoms with Crippen molar-refractivity contribution in [3.05, 3.63) is 22.7 Å². The summed E-state index contributed by atoms with van der Waals surface area (Å²) in [5, 5.41) is 7.06. The number of hydrogen-bond donors (Lipinski definition) is 2. The molecule has 2 rings (SSSR count). The lowest BCUT2D eigenvalue weighted by atomic mass is 10.2. The van der Waals surface area contributed by atoms with Crippen molar-refractivity contribution in [2.75, 3.05) is 40.5 Å². The van der Waals surface area contributed by atoms with Crippen LogP contribution >= 0.6 is 35.6 Å².